The molecule has 112 valence electrons. The Bertz CT molecular complexity index is 606. The molecule has 0 saturated heterocycles. The van der Waals surface area contributed by atoms with E-state index in [-0.39, 0.29) is 0 Å². The summed E-state index contributed by atoms with van der Waals surface area (Å²) in [6.45, 7) is 4.41. The fraction of sp³-hybridized carbons (Fsp3) is 0.533. The van der Waals surface area contributed by atoms with Crippen molar-refractivity contribution in [2.45, 2.75) is 32.7 Å². The molecule has 6 heteroatoms. The lowest BCUT2D eigenvalue weighted by Crippen LogP contribution is -2.08. The predicted octanol–water partition coefficient (Wildman–Crippen LogP) is 2.05. The zero-order valence-corrected chi connectivity index (χ0v) is 12.3. The summed E-state index contributed by atoms with van der Waals surface area (Å²) in [5.74, 6) is 1.53. The first-order chi connectivity index (χ1) is 10.2. The number of hydrogen-bond acceptors (Lipinski definition) is 5. The summed E-state index contributed by atoms with van der Waals surface area (Å²) in [5, 5.41) is 11.9. The van der Waals surface area contributed by atoms with Crippen LogP contribution in [0.1, 0.15) is 24.8 Å². The van der Waals surface area contributed by atoms with E-state index in [0.29, 0.717) is 5.69 Å². The molecule has 0 bridgehead atoms. The summed E-state index contributed by atoms with van der Waals surface area (Å²) in [5.41, 5.74) is 8.76. The summed E-state index contributed by atoms with van der Waals surface area (Å²) in [4.78, 5) is 0. The third-order valence-electron chi connectivity index (χ3n) is 3.69. The van der Waals surface area contributed by atoms with E-state index in [1.54, 1.807) is 4.68 Å². The molecule has 1 heterocycles. The Morgan fingerprint density at radius 3 is 3.05 bits per heavy atom. The molecule has 2 N–H and O–H groups in total. The van der Waals surface area contributed by atoms with Crippen LogP contribution in [0.3, 0.4) is 0 Å². The normalized spacial score (nSPS) is 14.5. The number of ether oxygens (including phenoxy) is 1. The van der Waals surface area contributed by atoms with Crippen LogP contribution in [0.15, 0.2) is 18.2 Å². The van der Waals surface area contributed by atoms with Crippen molar-refractivity contribution in [1.82, 2.24) is 20.2 Å². The van der Waals surface area contributed by atoms with E-state index in [9.17, 15) is 0 Å². The van der Waals surface area contributed by atoms with Crippen molar-refractivity contribution in [3.05, 3.63) is 23.8 Å². The number of nitrogens with two attached hydrogens (primary N) is 1. The van der Waals surface area contributed by atoms with Gasteiger partial charge in [0.2, 0.25) is 0 Å². The van der Waals surface area contributed by atoms with Crippen LogP contribution in [0.25, 0.3) is 11.4 Å². The monoisotopic (exact) mass is 287 g/mol. The average Bonchev–Trinajstić information content (AvgIpc) is 3.18. The Kier molecular flexibility index (Phi) is 4.15. The topological polar surface area (TPSA) is 78.9 Å². The lowest BCUT2D eigenvalue weighted by molar-refractivity contribution is 0.118. The van der Waals surface area contributed by atoms with E-state index in [2.05, 4.69) is 15.5 Å². The second-order valence-electron chi connectivity index (χ2n) is 5.69. The highest BCUT2D eigenvalue weighted by molar-refractivity contribution is 5.71. The fourth-order valence-corrected chi connectivity index (χ4v) is 2.26. The van der Waals surface area contributed by atoms with E-state index in [1.807, 2.05) is 25.1 Å². The summed E-state index contributed by atoms with van der Waals surface area (Å²) < 4.78 is 7.43. The van der Waals surface area contributed by atoms with E-state index in [1.165, 1.54) is 12.8 Å². The highest BCUT2D eigenvalue weighted by Gasteiger charge is 2.20. The minimum atomic E-state index is 0.696. The van der Waals surface area contributed by atoms with Crippen molar-refractivity contribution < 1.29 is 4.74 Å². The number of nitrogen functional groups attached to an aromatic ring is 1. The van der Waals surface area contributed by atoms with Gasteiger partial charge in [-0.2, -0.15) is 0 Å². The summed E-state index contributed by atoms with van der Waals surface area (Å²) >= 11 is 0. The van der Waals surface area contributed by atoms with E-state index in [0.717, 1.165) is 49.0 Å². The van der Waals surface area contributed by atoms with Crippen molar-refractivity contribution >= 4 is 5.69 Å². The zero-order chi connectivity index (χ0) is 14.7. The van der Waals surface area contributed by atoms with Crippen LogP contribution in [-0.2, 0) is 11.3 Å². The third-order valence-corrected chi connectivity index (χ3v) is 3.69. The molecular weight excluding hydrogens is 266 g/mol. The molecule has 6 nitrogen and oxygen atoms in total. The van der Waals surface area contributed by atoms with Crippen LogP contribution >= 0.6 is 0 Å². The molecule has 1 saturated carbocycles. The van der Waals surface area contributed by atoms with Crippen LogP contribution in [0.5, 0.6) is 0 Å². The van der Waals surface area contributed by atoms with Gasteiger partial charge in [-0.25, -0.2) is 4.68 Å². The number of aryl methyl sites for hydroxylation is 2. The Labute approximate surface area is 124 Å². The Hall–Kier alpha value is -1.95. The van der Waals surface area contributed by atoms with Crippen molar-refractivity contribution in [3.63, 3.8) is 0 Å². The number of benzene rings is 1. The third kappa shape index (κ3) is 3.58. The van der Waals surface area contributed by atoms with Crippen LogP contribution in [0.2, 0.25) is 0 Å². The maximum atomic E-state index is 6.03. The van der Waals surface area contributed by atoms with E-state index < -0.39 is 0 Å². The number of aromatic nitrogens is 4. The van der Waals surface area contributed by atoms with Gasteiger partial charge in [-0.15, -0.1) is 5.10 Å². The van der Waals surface area contributed by atoms with Crippen LogP contribution < -0.4 is 5.73 Å². The van der Waals surface area contributed by atoms with Gasteiger partial charge >= 0.3 is 0 Å². The van der Waals surface area contributed by atoms with Crippen molar-refractivity contribution in [2.24, 2.45) is 5.92 Å². The SMILES string of the molecule is Cc1ccc(N)c(-c2nnnn2CCCOCC2CC2)c1. The molecule has 1 aliphatic rings. The molecule has 2 aromatic rings. The fourth-order valence-electron chi connectivity index (χ4n) is 2.26. The minimum absolute atomic E-state index is 0.696. The van der Waals surface area contributed by atoms with Crippen LogP contribution in [0, 0.1) is 12.8 Å². The molecular formula is C15H21N5O. The van der Waals surface area contributed by atoms with Gasteiger partial charge in [0.15, 0.2) is 5.82 Å². The molecule has 0 radical (unpaired) electrons. The first kappa shape index (κ1) is 14.0. The molecule has 0 spiro atoms. The highest BCUT2D eigenvalue weighted by Crippen LogP contribution is 2.28. The van der Waals surface area contributed by atoms with Gasteiger partial charge in [-0.1, -0.05) is 11.6 Å². The number of anilines is 1. The summed E-state index contributed by atoms with van der Waals surface area (Å²) in [6.07, 6.45) is 3.55. The van der Waals surface area contributed by atoms with Crippen molar-refractivity contribution in [2.75, 3.05) is 18.9 Å². The molecule has 1 aromatic carbocycles. The molecule has 0 atom stereocenters. The van der Waals surface area contributed by atoms with Gasteiger partial charge in [0.1, 0.15) is 0 Å². The quantitative estimate of drug-likeness (QED) is 0.623. The predicted molar refractivity (Wildman–Crippen MR) is 80.6 cm³/mol. The Morgan fingerprint density at radius 2 is 2.24 bits per heavy atom. The smallest absolute Gasteiger partial charge is 0.184 e. The second-order valence-corrected chi connectivity index (χ2v) is 5.69. The number of nitrogens with zero attached hydrogens (tertiary/aromatic N) is 4. The van der Waals surface area contributed by atoms with Gasteiger partial charge in [-0.3, -0.25) is 0 Å². The number of rotatable bonds is 7. The molecule has 1 fully saturated rings. The largest absolute Gasteiger partial charge is 0.398 e. The Morgan fingerprint density at radius 1 is 1.38 bits per heavy atom. The number of tetrazole rings is 1. The average molecular weight is 287 g/mol. The molecule has 1 aromatic heterocycles. The standard InChI is InChI=1S/C15H21N5O/c1-11-3-6-14(16)13(9-11)15-17-18-19-20(15)7-2-8-21-10-12-4-5-12/h3,6,9,12H,2,4-5,7-8,10,16H2,1H3. The maximum Gasteiger partial charge on any atom is 0.184 e. The van der Waals surface area contributed by atoms with Gasteiger partial charge in [0.05, 0.1) is 0 Å². The molecule has 21 heavy (non-hydrogen) atoms. The van der Waals surface area contributed by atoms with E-state index in [4.69, 9.17) is 10.5 Å². The lowest BCUT2D eigenvalue weighted by atomic mass is 10.1. The van der Waals surface area contributed by atoms with Gasteiger partial charge < -0.3 is 10.5 Å². The maximum absolute atomic E-state index is 6.03. The van der Waals surface area contributed by atoms with Crippen LogP contribution in [-0.4, -0.2) is 33.4 Å². The zero-order valence-electron chi connectivity index (χ0n) is 12.3. The first-order valence-electron chi connectivity index (χ1n) is 7.44. The first-order valence-corrected chi connectivity index (χ1v) is 7.44. The van der Waals surface area contributed by atoms with E-state index >= 15 is 0 Å². The van der Waals surface area contributed by atoms with Gasteiger partial charge in [0, 0.05) is 31.0 Å². The molecule has 0 aliphatic heterocycles. The molecule has 3 rings (SSSR count). The van der Waals surface area contributed by atoms with Crippen molar-refractivity contribution in [1.29, 1.82) is 0 Å². The van der Waals surface area contributed by atoms with Gasteiger partial charge in [0.25, 0.3) is 0 Å². The Balaban J connectivity index is 1.61. The molecule has 1 aliphatic carbocycles. The lowest BCUT2D eigenvalue weighted by Gasteiger charge is -2.08. The molecule has 0 amide bonds. The summed E-state index contributed by atoms with van der Waals surface area (Å²) in [6, 6.07) is 5.89. The highest BCUT2D eigenvalue weighted by atomic mass is 16.5. The summed E-state index contributed by atoms with van der Waals surface area (Å²) in [7, 11) is 0. The van der Waals surface area contributed by atoms with Crippen molar-refractivity contribution in [3.8, 4) is 11.4 Å². The minimum Gasteiger partial charge on any atom is -0.398 e. The van der Waals surface area contributed by atoms with Crippen LogP contribution in [0.4, 0.5) is 5.69 Å². The number of hydrogen-bond donors (Lipinski definition) is 1. The molecule has 0 unspecified atom stereocenters. The second kappa shape index (κ2) is 6.22. The van der Waals surface area contributed by atoms with Gasteiger partial charge in [-0.05, 0) is 54.7 Å².